The summed E-state index contributed by atoms with van der Waals surface area (Å²) >= 11 is 0. The fourth-order valence-corrected chi connectivity index (χ4v) is 3.59. The fourth-order valence-electron chi connectivity index (χ4n) is 3.59. The number of amides is 1. The van der Waals surface area contributed by atoms with Crippen molar-refractivity contribution in [3.8, 4) is 0 Å². The molecule has 2 atom stereocenters. The van der Waals surface area contributed by atoms with Crippen LogP contribution in [0.3, 0.4) is 0 Å². The van der Waals surface area contributed by atoms with Gasteiger partial charge in [0.2, 0.25) is 5.91 Å². The number of nitrogens with zero attached hydrogens (tertiary/aromatic N) is 2. The average Bonchev–Trinajstić information content (AvgIpc) is 3.39. The third kappa shape index (κ3) is 4.33. The van der Waals surface area contributed by atoms with Crippen LogP contribution in [0.4, 0.5) is 0 Å². The molecule has 0 radical (unpaired) electrons. The molecule has 1 aromatic carbocycles. The van der Waals surface area contributed by atoms with Crippen LogP contribution in [0, 0.1) is 0 Å². The standard InChI is InChI=1S/C19H29N3O/c1-15(20)19(23)22(17-10-11-17)14-18-9-5-6-12-21(18)13-16-7-3-2-4-8-16/h2-4,7-8,15,17-18H,5-6,9-14,20H2,1H3/t15-,18+/m0/s1. The molecule has 1 aliphatic heterocycles. The van der Waals surface area contributed by atoms with Crippen molar-refractivity contribution < 1.29 is 4.79 Å². The summed E-state index contributed by atoms with van der Waals surface area (Å²) in [7, 11) is 0. The molecule has 1 aromatic rings. The van der Waals surface area contributed by atoms with Crippen LogP contribution in [0.25, 0.3) is 0 Å². The highest BCUT2D eigenvalue weighted by Crippen LogP contribution is 2.29. The zero-order chi connectivity index (χ0) is 16.2. The van der Waals surface area contributed by atoms with Crippen molar-refractivity contribution in [1.29, 1.82) is 0 Å². The summed E-state index contributed by atoms with van der Waals surface area (Å²) in [6.45, 7) is 4.76. The minimum Gasteiger partial charge on any atom is -0.337 e. The molecule has 126 valence electrons. The number of piperidine rings is 1. The summed E-state index contributed by atoms with van der Waals surface area (Å²) < 4.78 is 0. The van der Waals surface area contributed by atoms with E-state index in [1.165, 1.54) is 24.8 Å². The maximum absolute atomic E-state index is 12.4. The summed E-state index contributed by atoms with van der Waals surface area (Å²) in [6.07, 6.45) is 5.99. The van der Waals surface area contributed by atoms with Gasteiger partial charge in [-0.1, -0.05) is 36.8 Å². The Hall–Kier alpha value is -1.39. The van der Waals surface area contributed by atoms with Gasteiger partial charge in [-0.15, -0.1) is 0 Å². The van der Waals surface area contributed by atoms with Crippen molar-refractivity contribution in [1.82, 2.24) is 9.80 Å². The summed E-state index contributed by atoms with van der Waals surface area (Å²) in [5.41, 5.74) is 7.22. The van der Waals surface area contributed by atoms with Crippen LogP contribution in [0.15, 0.2) is 30.3 Å². The highest BCUT2D eigenvalue weighted by Gasteiger charge is 2.36. The lowest BCUT2D eigenvalue weighted by Crippen LogP contribution is -2.51. The van der Waals surface area contributed by atoms with Crippen LogP contribution >= 0.6 is 0 Å². The minimum atomic E-state index is -0.387. The molecule has 1 saturated carbocycles. The molecular formula is C19H29N3O. The average molecular weight is 315 g/mol. The Morgan fingerprint density at radius 2 is 2.00 bits per heavy atom. The highest BCUT2D eigenvalue weighted by molar-refractivity contribution is 5.81. The summed E-state index contributed by atoms with van der Waals surface area (Å²) in [6, 6.07) is 11.2. The van der Waals surface area contributed by atoms with Gasteiger partial charge >= 0.3 is 0 Å². The Labute approximate surface area is 139 Å². The van der Waals surface area contributed by atoms with Crippen molar-refractivity contribution in [2.75, 3.05) is 13.1 Å². The maximum atomic E-state index is 12.4. The summed E-state index contributed by atoms with van der Waals surface area (Å²) in [5, 5.41) is 0. The molecule has 0 spiro atoms. The molecule has 2 fully saturated rings. The zero-order valence-electron chi connectivity index (χ0n) is 14.2. The second kappa shape index (κ2) is 7.45. The first-order valence-electron chi connectivity index (χ1n) is 8.99. The van der Waals surface area contributed by atoms with Crippen LogP contribution in [-0.4, -0.2) is 46.9 Å². The molecule has 0 bridgehead atoms. The van der Waals surface area contributed by atoms with E-state index in [4.69, 9.17) is 5.73 Å². The molecule has 1 heterocycles. The normalized spacial score (nSPS) is 23.5. The lowest BCUT2D eigenvalue weighted by atomic mass is 10.00. The molecule has 23 heavy (non-hydrogen) atoms. The monoisotopic (exact) mass is 315 g/mol. The SMILES string of the molecule is C[C@H](N)C(=O)N(C[C@H]1CCCCN1Cc1ccccc1)C1CC1. The quantitative estimate of drug-likeness (QED) is 0.877. The van der Waals surface area contributed by atoms with E-state index in [0.29, 0.717) is 12.1 Å². The van der Waals surface area contributed by atoms with Gasteiger partial charge in [-0.25, -0.2) is 0 Å². The Bertz CT molecular complexity index is 513. The first-order valence-corrected chi connectivity index (χ1v) is 8.99. The first-order chi connectivity index (χ1) is 11.1. The van der Waals surface area contributed by atoms with Gasteiger partial charge in [0.1, 0.15) is 0 Å². The van der Waals surface area contributed by atoms with Gasteiger partial charge in [0.15, 0.2) is 0 Å². The van der Waals surface area contributed by atoms with E-state index in [1.807, 2.05) is 0 Å². The van der Waals surface area contributed by atoms with E-state index in [2.05, 4.69) is 40.1 Å². The van der Waals surface area contributed by atoms with Crippen LogP contribution in [0.5, 0.6) is 0 Å². The van der Waals surface area contributed by atoms with Crippen LogP contribution in [0.2, 0.25) is 0 Å². The predicted octanol–water partition coefficient (Wildman–Crippen LogP) is 2.38. The van der Waals surface area contributed by atoms with Gasteiger partial charge in [-0.3, -0.25) is 9.69 Å². The fraction of sp³-hybridized carbons (Fsp3) is 0.632. The lowest BCUT2D eigenvalue weighted by molar-refractivity contribution is -0.134. The Morgan fingerprint density at radius 3 is 2.65 bits per heavy atom. The molecule has 4 heteroatoms. The topological polar surface area (TPSA) is 49.6 Å². The summed E-state index contributed by atoms with van der Waals surface area (Å²) in [4.78, 5) is 17.1. The number of carbonyl (C=O) groups excluding carboxylic acids is 1. The van der Waals surface area contributed by atoms with Crippen molar-refractivity contribution in [2.24, 2.45) is 5.73 Å². The van der Waals surface area contributed by atoms with Crippen LogP contribution in [-0.2, 0) is 11.3 Å². The number of rotatable bonds is 6. The van der Waals surface area contributed by atoms with Gasteiger partial charge in [-0.05, 0) is 44.7 Å². The third-order valence-corrected chi connectivity index (χ3v) is 5.05. The van der Waals surface area contributed by atoms with Crippen molar-refractivity contribution in [3.05, 3.63) is 35.9 Å². The minimum absolute atomic E-state index is 0.123. The van der Waals surface area contributed by atoms with E-state index in [9.17, 15) is 4.79 Å². The van der Waals surface area contributed by atoms with Crippen LogP contribution < -0.4 is 5.73 Å². The van der Waals surface area contributed by atoms with Crippen molar-refractivity contribution in [2.45, 2.75) is 63.7 Å². The van der Waals surface area contributed by atoms with E-state index < -0.39 is 0 Å². The van der Waals surface area contributed by atoms with Gasteiger partial charge in [0, 0.05) is 25.2 Å². The number of likely N-dealkylation sites (tertiary alicyclic amines) is 1. The number of hydrogen-bond donors (Lipinski definition) is 1. The van der Waals surface area contributed by atoms with E-state index >= 15 is 0 Å². The van der Waals surface area contributed by atoms with Gasteiger partial charge in [0.25, 0.3) is 0 Å². The smallest absolute Gasteiger partial charge is 0.239 e. The lowest BCUT2D eigenvalue weighted by Gasteiger charge is -2.39. The molecule has 1 aliphatic carbocycles. The largest absolute Gasteiger partial charge is 0.337 e. The molecule has 4 nitrogen and oxygen atoms in total. The van der Waals surface area contributed by atoms with Crippen molar-refractivity contribution >= 4 is 5.91 Å². The third-order valence-electron chi connectivity index (χ3n) is 5.05. The second-order valence-electron chi connectivity index (χ2n) is 7.12. The predicted molar refractivity (Wildman–Crippen MR) is 92.9 cm³/mol. The van der Waals surface area contributed by atoms with E-state index in [0.717, 1.165) is 32.5 Å². The van der Waals surface area contributed by atoms with Crippen LogP contribution in [0.1, 0.15) is 44.6 Å². The van der Waals surface area contributed by atoms with Gasteiger partial charge in [-0.2, -0.15) is 0 Å². The summed E-state index contributed by atoms with van der Waals surface area (Å²) in [5.74, 6) is 0.123. The highest BCUT2D eigenvalue weighted by atomic mass is 16.2. The molecule has 0 unspecified atom stereocenters. The second-order valence-corrected chi connectivity index (χ2v) is 7.12. The van der Waals surface area contributed by atoms with Crippen molar-refractivity contribution in [3.63, 3.8) is 0 Å². The number of nitrogens with two attached hydrogens (primary N) is 1. The maximum Gasteiger partial charge on any atom is 0.239 e. The molecule has 3 rings (SSSR count). The van der Waals surface area contributed by atoms with Gasteiger partial charge in [0.05, 0.1) is 6.04 Å². The number of hydrogen-bond acceptors (Lipinski definition) is 3. The number of carbonyl (C=O) groups is 1. The zero-order valence-corrected chi connectivity index (χ0v) is 14.2. The Morgan fingerprint density at radius 1 is 1.26 bits per heavy atom. The molecule has 2 aliphatic rings. The Kier molecular flexibility index (Phi) is 5.34. The molecule has 2 N–H and O–H groups in total. The Balaban J connectivity index is 1.66. The molecule has 1 amide bonds. The number of benzene rings is 1. The molecule has 0 aromatic heterocycles. The van der Waals surface area contributed by atoms with E-state index in [1.54, 1.807) is 6.92 Å². The molecular weight excluding hydrogens is 286 g/mol. The first kappa shape index (κ1) is 16.5. The van der Waals surface area contributed by atoms with E-state index in [-0.39, 0.29) is 11.9 Å². The van der Waals surface area contributed by atoms with Gasteiger partial charge < -0.3 is 10.6 Å². The molecule has 1 saturated heterocycles.